The summed E-state index contributed by atoms with van der Waals surface area (Å²) in [6.45, 7) is 4.59. The molecule has 24 heavy (non-hydrogen) atoms. The molecule has 0 spiro atoms. The van der Waals surface area contributed by atoms with E-state index in [1.165, 1.54) is 5.56 Å². The van der Waals surface area contributed by atoms with Crippen LogP contribution in [-0.4, -0.2) is 47.9 Å². The number of carbonyl (C=O) groups is 1. The molecule has 1 amide bonds. The molecule has 5 nitrogen and oxygen atoms in total. The van der Waals surface area contributed by atoms with E-state index in [0.717, 1.165) is 43.7 Å². The molecule has 1 fully saturated rings. The van der Waals surface area contributed by atoms with Crippen molar-refractivity contribution in [3.63, 3.8) is 0 Å². The number of hydrogen-bond donors (Lipinski definition) is 0. The molecular formula is C19H25N3O2. The van der Waals surface area contributed by atoms with Gasteiger partial charge in [0.2, 0.25) is 11.8 Å². The molecule has 128 valence electrons. The molecule has 3 rings (SSSR count). The van der Waals surface area contributed by atoms with Gasteiger partial charge in [-0.05, 0) is 38.4 Å². The molecule has 1 aliphatic heterocycles. The molecule has 0 bridgehead atoms. The summed E-state index contributed by atoms with van der Waals surface area (Å²) in [5.41, 5.74) is 3.13. The van der Waals surface area contributed by atoms with Gasteiger partial charge in [0.15, 0.2) is 0 Å². The summed E-state index contributed by atoms with van der Waals surface area (Å²) < 4.78 is 5.63. The molecule has 1 aromatic carbocycles. The lowest BCUT2D eigenvalue weighted by Crippen LogP contribution is -2.42. The summed E-state index contributed by atoms with van der Waals surface area (Å²) in [6.07, 6.45) is 3.75. The predicted molar refractivity (Wildman–Crippen MR) is 93.4 cm³/mol. The largest absolute Gasteiger partial charge is 0.444 e. The maximum Gasteiger partial charge on any atom is 0.226 e. The zero-order chi connectivity index (χ0) is 17.1. The minimum Gasteiger partial charge on any atom is -0.444 e. The summed E-state index contributed by atoms with van der Waals surface area (Å²) in [6, 6.07) is 8.16. The van der Waals surface area contributed by atoms with Crippen molar-refractivity contribution in [1.82, 2.24) is 14.8 Å². The first-order valence-corrected chi connectivity index (χ1v) is 8.48. The van der Waals surface area contributed by atoms with E-state index in [9.17, 15) is 4.79 Å². The van der Waals surface area contributed by atoms with Crippen LogP contribution in [0.15, 0.2) is 34.9 Å². The Morgan fingerprint density at radius 1 is 1.33 bits per heavy atom. The van der Waals surface area contributed by atoms with Crippen LogP contribution >= 0.6 is 0 Å². The molecule has 0 N–H and O–H groups in total. The van der Waals surface area contributed by atoms with Crippen LogP contribution in [0.1, 0.15) is 24.1 Å². The Morgan fingerprint density at radius 2 is 2.08 bits per heavy atom. The molecule has 2 heterocycles. The first-order chi connectivity index (χ1) is 11.5. The summed E-state index contributed by atoms with van der Waals surface area (Å²) in [5, 5.41) is 0. The second kappa shape index (κ2) is 7.18. The number of hydrogen-bond acceptors (Lipinski definition) is 4. The van der Waals surface area contributed by atoms with Crippen molar-refractivity contribution < 1.29 is 9.21 Å². The third-order valence-corrected chi connectivity index (χ3v) is 4.53. The van der Waals surface area contributed by atoms with Crippen molar-refractivity contribution in [1.29, 1.82) is 0 Å². The predicted octanol–water partition coefficient (Wildman–Crippen LogP) is 2.95. The van der Waals surface area contributed by atoms with Crippen LogP contribution in [0.2, 0.25) is 0 Å². The van der Waals surface area contributed by atoms with Crippen LogP contribution in [0.4, 0.5) is 0 Å². The molecule has 5 heteroatoms. The van der Waals surface area contributed by atoms with Gasteiger partial charge in [0, 0.05) is 32.7 Å². The first kappa shape index (κ1) is 16.7. The first-order valence-electron chi connectivity index (χ1n) is 8.48. The van der Waals surface area contributed by atoms with E-state index < -0.39 is 0 Å². The van der Waals surface area contributed by atoms with Gasteiger partial charge in [-0.25, -0.2) is 4.98 Å². The highest BCUT2D eigenvalue weighted by Gasteiger charge is 2.27. The number of oxazole rings is 1. The number of aromatic nitrogens is 1. The standard InChI is InChI=1S/C19H25N3O2/c1-14-6-8-15(9-7-14)18-20-17(13-24-18)12-22-10-4-5-16(11-22)19(23)21(2)3/h6-9,13,16H,4-5,10-12H2,1-3H3. The molecule has 2 aromatic rings. The Bertz CT molecular complexity index is 691. The number of amides is 1. The van der Waals surface area contributed by atoms with Crippen molar-refractivity contribution in [3.05, 3.63) is 41.8 Å². The van der Waals surface area contributed by atoms with Crippen molar-refractivity contribution in [2.75, 3.05) is 27.2 Å². The van der Waals surface area contributed by atoms with E-state index in [0.29, 0.717) is 5.89 Å². The molecule has 0 saturated carbocycles. The Morgan fingerprint density at radius 3 is 2.79 bits per heavy atom. The monoisotopic (exact) mass is 327 g/mol. The molecule has 1 unspecified atom stereocenters. The fraction of sp³-hybridized carbons (Fsp3) is 0.474. The normalized spacial score (nSPS) is 18.5. The van der Waals surface area contributed by atoms with Crippen LogP contribution in [0, 0.1) is 12.8 Å². The molecular weight excluding hydrogens is 302 g/mol. The van der Waals surface area contributed by atoms with E-state index in [4.69, 9.17) is 4.42 Å². The van der Waals surface area contributed by atoms with Gasteiger partial charge in [0.1, 0.15) is 6.26 Å². The maximum atomic E-state index is 12.2. The maximum absolute atomic E-state index is 12.2. The van der Waals surface area contributed by atoms with E-state index in [2.05, 4.69) is 28.9 Å². The van der Waals surface area contributed by atoms with Crippen molar-refractivity contribution in [3.8, 4) is 11.5 Å². The van der Waals surface area contributed by atoms with Gasteiger partial charge in [0.05, 0.1) is 11.6 Å². The Labute approximate surface area is 143 Å². The summed E-state index contributed by atoms with van der Waals surface area (Å²) in [5.74, 6) is 0.973. The van der Waals surface area contributed by atoms with Crippen LogP contribution in [-0.2, 0) is 11.3 Å². The van der Waals surface area contributed by atoms with Crippen molar-refractivity contribution in [2.45, 2.75) is 26.3 Å². The second-order valence-corrected chi connectivity index (χ2v) is 6.82. The number of carbonyl (C=O) groups excluding carboxylic acids is 1. The van der Waals surface area contributed by atoms with Crippen LogP contribution in [0.25, 0.3) is 11.5 Å². The van der Waals surface area contributed by atoms with Gasteiger partial charge in [-0.2, -0.15) is 0 Å². The second-order valence-electron chi connectivity index (χ2n) is 6.82. The van der Waals surface area contributed by atoms with Gasteiger partial charge in [-0.3, -0.25) is 9.69 Å². The fourth-order valence-corrected chi connectivity index (χ4v) is 3.20. The highest BCUT2D eigenvalue weighted by molar-refractivity contribution is 5.78. The van der Waals surface area contributed by atoms with E-state index in [1.54, 1.807) is 11.2 Å². The smallest absolute Gasteiger partial charge is 0.226 e. The number of nitrogens with zero attached hydrogens (tertiary/aromatic N) is 3. The number of benzene rings is 1. The Hall–Kier alpha value is -2.14. The number of likely N-dealkylation sites (tertiary alicyclic amines) is 1. The quantitative estimate of drug-likeness (QED) is 0.866. The van der Waals surface area contributed by atoms with Gasteiger partial charge >= 0.3 is 0 Å². The fourth-order valence-electron chi connectivity index (χ4n) is 3.20. The SMILES string of the molecule is Cc1ccc(-c2nc(CN3CCCC(C(=O)N(C)C)C3)co2)cc1. The zero-order valence-electron chi connectivity index (χ0n) is 14.7. The van der Waals surface area contributed by atoms with Gasteiger partial charge in [0.25, 0.3) is 0 Å². The third kappa shape index (κ3) is 3.85. The van der Waals surface area contributed by atoms with Gasteiger partial charge < -0.3 is 9.32 Å². The lowest BCUT2D eigenvalue weighted by Gasteiger charge is -2.32. The summed E-state index contributed by atoms with van der Waals surface area (Å²) in [7, 11) is 3.65. The van der Waals surface area contributed by atoms with Crippen LogP contribution in [0.3, 0.4) is 0 Å². The topological polar surface area (TPSA) is 49.6 Å². The van der Waals surface area contributed by atoms with E-state index >= 15 is 0 Å². The molecule has 0 radical (unpaired) electrons. The summed E-state index contributed by atoms with van der Waals surface area (Å²) >= 11 is 0. The molecule has 1 aliphatic rings. The van der Waals surface area contributed by atoms with Gasteiger partial charge in [-0.15, -0.1) is 0 Å². The van der Waals surface area contributed by atoms with Crippen molar-refractivity contribution >= 4 is 5.91 Å². The zero-order valence-corrected chi connectivity index (χ0v) is 14.7. The number of rotatable bonds is 4. The lowest BCUT2D eigenvalue weighted by molar-refractivity contribution is -0.134. The minimum atomic E-state index is 0.0946. The average Bonchev–Trinajstić information content (AvgIpc) is 3.03. The van der Waals surface area contributed by atoms with E-state index in [1.807, 2.05) is 26.2 Å². The highest BCUT2D eigenvalue weighted by atomic mass is 16.3. The van der Waals surface area contributed by atoms with Gasteiger partial charge in [-0.1, -0.05) is 17.7 Å². The van der Waals surface area contributed by atoms with Crippen molar-refractivity contribution in [2.24, 2.45) is 5.92 Å². The number of aryl methyl sites for hydroxylation is 1. The Kier molecular flexibility index (Phi) is 5.00. The summed E-state index contributed by atoms with van der Waals surface area (Å²) in [4.78, 5) is 20.8. The molecule has 1 atom stereocenters. The molecule has 1 aromatic heterocycles. The minimum absolute atomic E-state index is 0.0946. The third-order valence-electron chi connectivity index (χ3n) is 4.53. The van der Waals surface area contributed by atoms with Crippen LogP contribution < -0.4 is 0 Å². The molecule has 0 aliphatic carbocycles. The van der Waals surface area contributed by atoms with E-state index in [-0.39, 0.29) is 11.8 Å². The average molecular weight is 327 g/mol. The highest BCUT2D eigenvalue weighted by Crippen LogP contribution is 2.22. The van der Waals surface area contributed by atoms with Crippen LogP contribution in [0.5, 0.6) is 0 Å². The molecule has 1 saturated heterocycles. The Balaban J connectivity index is 1.64. The lowest BCUT2D eigenvalue weighted by atomic mass is 9.96. The number of piperidine rings is 1.